The predicted molar refractivity (Wildman–Crippen MR) is 191 cm³/mol. The molecule has 0 aromatic carbocycles. The molecule has 0 aromatic rings. The second-order valence-electron chi connectivity index (χ2n) is 5.13. The van der Waals surface area contributed by atoms with Crippen molar-refractivity contribution in [2.24, 2.45) is 0 Å². The van der Waals surface area contributed by atoms with Gasteiger partial charge in [0.05, 0.1) is 0 Å². The summed E-state index contributed by atoms with van der Waals surface area (Å²) in [5.74, 6) is 0. The van der Waals surface area contributed by atoms with Gasteiger partial charge in [-0.3, -0.25) is 0 Å². The van der Waals surface area contributed by atoms with Crippen molar-refractivity contribution in [3.05, 3.63) is 140 Å². The van der Waals surface area contributed by atoms with Gasteiger partial charge in [0.15, 0.2) is 0 Å². The van der Waals surface area contributed by atoms with Gasteiger partial charge >= 0.3 is 0 Å². The van der Waals surface area contributed by atoms with Crippen molar-refractivity contribution in [1.29, 1.82) is 0 Å². The van der Waals surface area contributed by atoms with E-state index in [1.54, 1.807) is 12.2 Å². The Kier molecular flexibility index (Phi) is 534. The summed E-state index contributed by atoms with van der Waals surface area (Å²) in [6, 6.07) is 0. The Bertz CT molecular complexity index is 303. The highest BCUT2D eigenvalue weighted by Gasteiger charge is 1.61. The van der Waals surface area contributed by atoms with Crippen molar-refractivity contribution in [1.82, 2.24) is 0 Å². The summed E-state index contributed by atoms with van der Waals surface area (Å²) >= 11 is 0. The van der Waals surface area contributed by atoms with E-state index >= 15 is 0 Å². The Hall–Kier alpha value is -2.86. The van der Waals surface area contributed by atoms with E-state index in [0.29, 0.717) is 0 Å². The first-order valence-electron chi connectivity index (χ1n) is 11.8. The molecule has 218 valence electrons. The Morgan fingerprint density at radius 2 is 0.667 bits per heavy atom. The minimum absolute atomic E-state index is 0. The van der Waals surface area contributed by atoms with Gasteiger partial charge in [-0.2, -0.15) is 0 Å². The molecule has 0 radical (unpaired) electrons. The van der Waals surface area contributed by atoms with E-state index in [1.165, 1.54) is 12.0 Å². The third-order valence-electron chi connectivity index (χ3n) is 1.45. The van der Waals surface area contributed by atoms with Crippen LogP contribution in [0, 0.1) is 0 Å². The van der Waals surface area contributed by atoms with Crippen LogP contribution in [-0.2, 0) is 0 Å². The fourth-order valence-electron chi connectivity index (χ4n) is 0.204. The van der Waals surface area contributed by atoms with Crippen LogP contribution < -0.4 is 0 Å². The summed E-state index contributed by atoms with van der Waals surface area (Å²) in [4.78, 5) is 0. The van der Waals surface area contributed by atoms with Crippen LogP contribution in [-0.4, -0.2) is 0 Å². The van der Waals surface area contributed by atoms with Crippen LogP contribution in [0.4, 0.5) is 0 Å². The van der Waals surface area contributed by atoms with E-state index in [2.05, 4.69) is 99.4 Å². The summed E-state index contributed by atoms with van der Waals surface area (Å²) in [6.45, 7) is 61.2. The van der Waals surface area contributed by atoms with E-state index in [9.17, 15) is 0 Å². The molecule has 0 saturated heterocycles. The zero-order chi connectivity index (χ0) is 31.4. The molecular weight excluding hydrogens is 432 g/mol. The smallest absolute Gasteiger partial charge is 0.0356 e. The standard InChI is InChI=1S/C5H10.4C4H8.2C3H6.4C2H4.CH4/c1-3-5-4-2;1-4(2)3;3*1-3-4-2;2*1-3-2;4*1-2;/h3H,1,4-5H2,2H3;1H2,2-3H3;2*3-4H,1-2H3;3H,1,4H2,2H3;2*3H,1H2,2H3;4*1-2H2;1H4/b;;2*4-3+;;;;;;;;. The number of rotatable bonds is 3. The molecule has 0 N–H and O–H groups in total. The van der Waals surface area contributed by atoms with Crippen molar-refractivity contribution in [2.45, 2.75) is 95.9 Å². The van der Waals surface area contributed by atoms with Crippen molar-refractivity contribution >= 4 is 0 Å². The third kappa shape index (κ3) is 6180. The number of unbranched alkanes of at least 4 members (excludes halogenated alkanes) is 1. The normalized spacial score (nSPS) is 5.72. The predicted octanol–water partition coefficient (Wildman–Crippen LogP) is 14.5. The highest BCUT2D eigenvalue weighted by atomic mass is 13.7. The highest BCUT2D eigenvalue weighted by Crippen LogP contribution is 1.82. The minimum Gasteiger partial charge on any atom is -0.106 e. The van der Waals surface area contributed by atoms with Gasteiger partial charge in [0, 0.05) is 0 Å². The van der Waals surface area contributed by atoms with Crippen LogP contribution >= 0.6 is 0 Å². The lowest BCUT2D eigenvalue weighted by molar-refractivity contribution is 0.961. The Morgan fingerprint density at radius 1 is 0.528 bits per heavy atom. The molecule has 0 bridgehead atoms. The van der Waals surface area contributed by atoms with E-state index in [1.807, 2.05) is 91.8 Å². The summed E-state index contributed by atoms with van der Waals surface area (Å²) in [7, 11) is 0. The molecule has 0 rings (SSSR count). The fourth-order valence-corrected chi connectivity index (χ4v) is 0.204. The Balaban J connectivity index is -0.0000000178. The molecule has 0 aromatic heterocycles. The molecule has 0 atom stereocenters. The van der Waals surface area contributed by atoms with Gasteiger partial charge in [-0.05, 0) is 68.2 Å². The summed E-state index contributed by atoms with van der Waals surface area (Å²) < 4.78 is 0. The number of hydrogen-bond donors (Lipinski definition) is 0. The molecule has 0 aliphatic heterocycles. The quantitative estimate of drug-likeness (QED) is 0.334. The fraction of sp³-hybridized carbons (Fsp3) is 0.389. The van der Waals surface area contributed by atoms with E-state index in [-0.39, 0.29) is 7.43 Å². The SMILES string of the molecule is C.C/C=C/C.C/C=C/C.C=C.C=C.C=C.C=C.C=C(C)C.C=CC.C=CC.C=CCC.C=CCCC. The van der Waals surface area contributed by atoms with Gasteiger partial charge in [0.2, 0.25) is 0 Å². The lowest BCUT2D eigenvalue weighted by atomic mass is 10.3. The van der Waals surface area contributed by atoms with Gasteiger partial charge in [-0.25, -0.2) is 0 Å². The van der Waals surface area contributed by atoms with Gasteiger partial charge in [0.1, 0.15) is 0 Å². The zero-order valence-corrected chi connectivity index (χ0v) is 26.4. The molecule has 0 amide bonds. The molecule has 0 heteroatoms. The van der Waals surface area contributed by atoms with E-state index in [4.69, 9.17) is 0 Å². The summed E-state index contributed by atoms with van der Waals surface area (Å²) in [5, 5.41) is 0. The van der Waals surface area contributed by atoms with Gasteiger partial charge < -0.3 is 0 Å². The molecule has 36 heavy (non-hydrogen) atoms. The third-order valence-corrected chi connectivity index (χ3v) is 1.45. The molecule has 0 unspecified atom stereocenters. The zero-order valence-electron chi connectivity index (χ0n) is 26.4. The largest absolute Gasteiger partial charge is 0.106 e. The van der Waals surface area contributed by atoms with Gasteiger partial charge in [0.25, 0.3) is 0 Å². The molecule has 0 nitrogen and oxygen atoms in total. The molecule has 0 heterocycles. The monoisotopic (exact) mass is 507 g/mol. The maximum atomic E-state index is 3.56. The molecule has 0 aliphatic carbocycles. The average Bonchev–Trinajstić information content (AvgIpc) is 2.90. The van der Waals surface area contributed by atoms with E-state index < -0.39 is 0 Å². The van der Waals surface area contributed by atoms with Crippen LogP contribution in [0.25, 0.3) is 0 Å². The first-order valence-corrected chi connectivity index (χ1v) is 11.8. The second kappa shape index (κ2) is 251. The lowest BCUT2D eigenvalue weighted by Gasteiger charge is -1.72. The van der Waals surface area contributed by atoms with Crippen molar-refractivity contribution in [3.8, 4) is 0 Å². The number of allylic oxidation sites excluding steroid dienone is 9. The number of hydrogen-bond acceptors (Lipinski definition) is 0. The van der Waals surface area contributed by atoms with Gasteiger partial charge in [-0.1, -0.05) is 81.9 Å². The van der Waals surface area contributed by atoms with Crippen LogP contribution in [0.3, 0.4) is 0 Å². The van der Waals surface area contributed by atoms with Crippen LogP contribution in [0.5, 0.6) is 0 Å². The molecule has 0 aliphatic rings. The van der Waals surface area contributed by atoms with Crippen molar-refractivity contribution in [3.63, 3.8) is 0 Å². The Morgan fingerprint density at radius 3 is 0.667 bits per heavy atom. The van der Waals surface area contributed by atoms with Crippen molar-refractivity contribution in [2.75, 3.05) is 0 Å². The maximum absolute atomic E-state index is 3.56. The summed E-state index contributed by atoms with van der Waals surface area (Å²) in [5.41, 5.74) is 1.17. The van der Waals surface area contributed by atoms with Crippen LogP contribution in [0.15, 0.2) is 140 Å². The van der Waals surface area contributed by atoms with Gasteiger partial charge in [-0.15, -0.1) is 85.5 Å². The summed E-state index contributed by atoms with van der Waals surface area (Å²) in [6.07, 6.45) is 18.8. The highest BCUT2D eigenvalue weighted by molar-refractivity contribution is 4.78. The first kappa shape index (κ1) is 76.6. The lowest BCUT2D eigenvalue weighted by Crippen LogP contribution is -1.52. The minimum atomic E-state index is 0. The van der Waals surface area contributed by atoms with E-state index in [0.717, 1.165) is 12.8 Å². The van der Waals surface area contributed by atoms with Crippen LogP contribution in [0.2, 0.25) is 0 Å². The molecule has 0 spiro atoms. The average molecular weight is 507 g/mol. The topological polar surface area (TPSA) is 0 Å². The Labute approximate surface area is 235 Å². The second-order valence-corrected chi connectivity index (χ2v) is 5.13. The van der Waals surface area contributed by atoms with Crippen LogP contribution in [0.1, 0.15) is 95.9 Å². The molecule has 0 fully saturated rings. The molecular formula is C36H74. The maximum Gasteiger partial charge on any atom is -0.0356 e. The first-order chi connectivity index (χ1) is 16.7. The molecule has 0 saturated carbocycles. The van der Waals surface area contributed by atoms with Crippen molar-refractivity contribution < 1.29 is 0 Å².